The van der Waals surface area contributed by atoms with Crippen molar-refractivity contribution in [1.29, 1.82) is 5.26 Å². The Hall–Kier alpha value is -2.39. The molecule has 1 aromatic carbocycles. The van der Waals surface area contributed by atoms with Gasteiger partial charge in [0.05, 0.1) is 18.2 Å². The first kappa shape index (κ1) is 15.7. The fourth-order valence-electron chi connectivity index (χ4n) is 1.61. The molecule has 0 bridgehead atoms. The first-order chi connectivity index (χ1) is 9.49. The fourth-order valence-corrected chi connectivity index (χ4v) is 1.61. The second kappa shape index (κ2) is 7.26. The van der Waals surface area contributed by atoms with E-state index in [2.05, 4.69) is 0 Å². The first-order valence-corrected chi connectivity index (χ1v) is 6.15. The monoisotopic (exact) mass is 275 g/mol. The van der Waals surface area contributed by atoms with Gasteiger partial charge in [0.1, 0.15) is 0 Å². The molecule has 6 nitrogen and oxygen atoms in total. The molecule has 0 aliphatic carbocycles. The molecule has 1 rings (SSSR count). The number of nitrogens with two attached hydrogens (primary N) is 1. The van der Waals surface area contributed by atoms with Crippen LogP contribution in [0.1, 0.15) is 18.1 Å². The quantitative estimate of drug-likeness (QED) is 0.620. The van der Waals surface area contributed by atoms with E-state index >= 15 is 0 Å². The van der Waals surface area contributed by atoms with Crippen LogP contribution in [0.4, 0.5) is 0 Å². The zero-order chi connectivity index (χ0) is 15.1. The highest BCUT2D eigenvalue weighted by Crippen LogP contribution is 2.07. The van der Waals surface area contributed by atoms with Crippen LogP contribution in [0.3, 0.4) is 0 Å². The van der Waals surface area contributed by atoms with Crippen molar-refractivity contribution in [3.05, 3.63) is 35.4 Å². The summed E-state index contributed by atoms with van der Waals surface area (Å²) in [4.78, 5) is 24.7. The number of ether oxygens (including phenoxy) is 1. The van der Waals surface area contributed by atoms with Crippen molar-refractivity contribution in [2.75, 3.05) is 13.7 Å². The number of carbonyl (C=O) groups is 2. The lowest BCUT2D eigenvalue weighted by Crippen LogP contribution is -2.47. The van der Waals surface area contributed by atoms with Gasteiger partial charge in [-0.15, -0.1) is 0 Å². The van der Waals surface area contributed by atoms with Crippen molar-refractivity contribution < 1.29 is 14.3 Å². The number of esters is 1. The maximum atomic E-state index is 11.9. The summed E-state index contributed by atoms with van der Waals surface area (Å²) in [5.41, 5.74) is 6.93. The molecule has 0 spiro atoms. The van der Waals surface area contributed by atoms with Gasteiger partial charge in [-0.3, -0.25) is 4.79 Å². The number of carbonyl (C=O) groups excluding carboxylic acids is 2. The summed E-state index contributed by atoms with van der Waals surface area (Å²) in [5, 5.41) is 8.70. The van der Waals surface area contributed by atoms with E-state index in [1.807, 2.05) is 6.07 Å². The van der Waals surface area contributed by atoms with Gasteiger partial charge in [-0.25, -0.2) is 4.79 Å². The van der Waals surface area contributed by atoms with Crippen molar-refractivity contribution in [2.24, 2.45) is 5.73 Å². The molecule has 20 heavy (non-hydrogen) atoms. The van der Waals surface area contributed by atoms with E-state index in [-0.39, 0.29) is 6.61 Å². The van der Waals surface area contributed by atoms with Crippen molar-refractivity contribution >= 4 is 11.9 Å². The van der Waals surface area contributed by atoms with Gasteiger partial charge in [-0.1, -0.05) is 12.1 Å². The Balaban J connectivity index is 2.65. The smallest absolute Gasteiger partial charge is 0.332 e. The summed E-state index contributed by atoms with van der Waals surface area (Å²) in [7, 11) is 1.56. The van der Waals surface area contributed by atoms with Gasteiger partial charge in [-0.05, 0) is 24.6 Å². The average Bonchev–Trinajstić information content (AvgIpc) is 2.46. The minimum Gasteiger partial charge on any atom is -0.464 e. The highest BCUT2D eigenvalue weighted by atomic mass is 16.5. The van der Waals surface area contributed by atoms with Crippen LogP contribution in [0.2, 0.25) is 0 Å². The summed E-state index contributed by atoms with van der Waals surface area (Å²) in [6, 6.07) is 7.54. The van der Waals surface area contributed by atoms with Crippen LogP contribution in [0.15, 0.2) is 24.3 Å². The summed E-state index contributed by atoms with van der Waals surface area (Å²) in [6.07, 6.45) is 0. The lowest BCUT2D eigenvalue weighted by molar-refractivity contribution is -0.150. The first-order valence-electron chi connectivity index (χ1n) is 6.15. The number of rotatable bonds is 5. The second-order valence-electron chi connectivity index (χ2n) is 4.23. The third-order valence-electron chi connectivity index (χ3n) is 2.69. The molecule has 6 heteroatoms. The summed E-state index contributed by atoms with van der Waals surface area (Å²) in [6.45, 7) is 2.13. The molecule has 0 heterocycles. The van der Waals surface area contributed by atoms with E-state index in [1.54, 1.807) is 38.2 Å². The predicted molar refractivity (Wildman–Crippen MR) is 72.2 cm³/mol. The number of likely N-dealkylation sites (N-methyl/N-ethyl adjacent to an activating group) is 1. The zero-order valence-electron chi connectivity index (χ0n) is 11.5. The number of hydrogen-bond donors (Lipinski definition) is 1. The van der Waals surface area contributed by atoms with Gasteiger partial charge in [0, 0.05) is 13.6 Å². The molecule has 1 aromatic rings. The molecule has 0 aromatic heterocycles. The Kier molecular flexibility index (Phi) is 5.69. The molecule has 1 atom stereocenters. The van der Waals surface area contributed by atoms with E-state index in [4.69, 9.17) is 15.7 Å². The SMILES string of the molecule is CCOC(=O)C(N)C(=O)N(C)Cc1ccc(C#N)cc1. The number of amides is 1. The number of hydrogen-bond acceptors (Lipinski definition) is 5. The minimum absolute atomic E-state index is 0.180. The molecule has 0 radical (unpaired) electrons. The van der Waals surface area contributed by atoms with Crippen LogP contribution in [0.5, 0.6) is 0 Å². The maximum absolute atomic E-state index is 11.9. The molecule has 0 fully saturated rings. The summed E-state index contributed by atoms with van der Waals surface area (Å²) < 4.78 is 4.71. The molecule has 0 aliphatic rings. The Labute approximate surface area is 117 Å². The molecular formula is C14H17N3O3. The van der Waals surface area contributed by atoms with Crippen molar-refractivity contribution in [3.8, 4) is 6.07 Å². The van der Waals surface area contributed by atoms with Gasteiger partial charge < -0.3 is 15.4 Å². The second-order valence-corrected chi connectivity index (χ2v) is 4.23. The number of nitriles is 1. The highest BCUT2D eigenvalue weighted by Gasteiger charge is 2.26. The molecule has 0 saturated heterocycles. The van der Waals surface area contributed by atoms with Gasteiger partial charge in [0.25, 0.3) is 5.91 Å². The topological polar surface area (TPSA) is 96.4 Å². The largest absolute Gasteiger partial charge is 0.464 e. The van der Waals surface area contributed by atoms with Crippen LogP contribution in [0, 0.1) is 11.3 Å². The number of benzene rings is 1. The molecule has 1 amide bonds. The molecule has 0 aliphatic heterocycles. The van der Waals surface area contributed by atoms with Gasteiger partial charge in [0.15, 0.2) is 6.04 Å². The van der Waals surface area contributed by atoms with Crippen LogP contribution in [-0.2, 0) is 20.9 Å². The maximum Gasteiger partial charge on any atom is 0.332 e. The van der Waals surface area contributed by atoms with Crippen molar-refractivity contribution in [3.63, 3.8) is 0 Å². The summed E-state index contributed by atoms with van der Waals surface area (Å²) >= 11 is 0. The van der Waals surface area contributed by atoms with E-state index in [1.165, 1.54) is 4.90 Å². The normalized spacial score (nSPS) is 11.3. The Morgan fingerprint density at radius 3 is 2.50 bits per heavy atom. The zero-order valence-corrected chi connectivity index (χ0v) is 11.5. The summed E-state index contributed by atoms with van der Waals surface area (Å²) in [5.74, 6) is -1.24. The predicted octanol–water partition coefficient (Wildman–Crippen LogP) is 0.407. The van der Waals surface area contributed by atoms with Crippen molar-refractivity contribution in [2.45, 2.75) is 19.5 Å². The minimum atomic E-state index is -1.31. The van der Waals surface area contributed by atoms with E-state index in [9.17, 15) is 9.59 Å². The molecule has 2 N–H and O–H groups in total. The third kappa shape index (κ3) is 4.07. The van der Waals surface area contributed by atoms with Crippen LogP contribution >= 0.6 is 0 Å². The lowest BCUT2D eigenvalue weighted by Gasteiger charge is -2.20. The van der Waals surface area contributed by atoms with Gasteiger partial charge >= 0.3 is 5.97 Å². The van der Waals surface area contributed by atoms with E-state index < -0.39 is 17.9 Å². The Morgan fingerprint density at radius 1 is 1.40 bits per heavy atom. The molecule has 106 valence electrons. The molecule has 1 unspecified atom stereocenters. The Bertz CT molecular complexity index is 519. The molecule has 0 saturated carbocycles. The molecular weight excluding hydrogens is 258 g/mol. The highest BCUT2D eigenvalue weighted by molar-refractivity contribution is 6.01. The fraction of sp³-hybridized carbons (Fsp3) is 0.357. The average molecular weight is 275 g/mol. The van der Waals surface area contributed by atoms with Gasteiger partial charge in [-0.2, -0.15) is 5.26 Å². The van der Waals surface area contributed by atoms with Crippen LogP contribution < -0.4 is 5.73 Å². The van der Waals surface area contributed by atoms with Crippen molar-refractivity contribution in [1.82, 2.24) is 4.90 Å². The van der Waals surface area contributed by atoms with E-state index in [0.29, 0.717) is 12.1 Å². The van der Waals surface area contributed by atoms with Gasteiger partial charge in [0.2, 0.25) is 0 Å². The standard InChI is InChI=1S/C14H17N3O3/c1-3-20-14(19)12(16)13(18)17(2)9-11-6-4-10(8-15)5-7-11/h4-7,12H,3,9,16H2,1-2H3. The Morgan fingerprint density at radius 2 is 2.00 bits per heavy atom. The third-order valence-corrected chi connectivity index (χ3v) is 2.69. The lowest BCUT2D eigenvalue weighted by atomic mass is 10.1. The van der Waals surface area contributed by atoms with Crippen LogP contribution in [-0.4, -0.2) is 36.5 Å². The van der Waals surface area contributed by atoms with E-state index in [0.717, 1.165) is 5.56 Å². The van der Waals surface area contributed by atoms with Crippen LogP contribution in [0.25, 0.3) is 0 Å². The number of nitrogens with zero attached hydrogens (tertiary/aromatic N) is 2.